The summed E-state index contributed by atoms with van der Waals surface area (Å²) in [6.07, 6.45) is 6.35. The van der Waals surface area contributed by atoms with Crippen molar-refractivity contribution in [1.82, 2.24) is 24.3 Å². The number of nitrogens with zero attached hydrogens (tertiary/aromatic N) is 4. The number of carbonyl (C=O) groups is 1. The van der Waals surface area contributed by atoms with Crippen molar-refractivity contribution in [3.8, 4) is 0 Å². The predicted octanol–water partition coefficient (Wildman–Crippen LogP) is 0.0686. The molecule has 29 heavy (non-hydrogen) atoms. The summed E-state index contributed by atoms with van der Waals surface area (Å²) in [5, 5.41) is 0. The van der Waals surface area contributed by atoms with E-state index in [1.165, 1.54) is 11.8 Å². The Morgan fingerprint density at radius 1 is 1.17 bits per heavy atom. The summed E-state index contributed by atoms with van der Waals surface area (Å²) in [4.78, 5) is 48.3. The molecule has 2 aromatic heterocycles. The molecule has 0 aromatic carbocycles. The van der Waals surface area contributed by atoms with Crippen molar-refractivity contribution >= 4 is 5.91 Å². The van der Waals surface area contributed by atoms with E-state index in [0.717, 1.165) is 37.0 Å². The average Bonchev–Trinajstić information content (AvgIpc) is 3.25. The molecule has 2 aromatic rings. The molecule has 4 heterocycles. The largest absolute Gasteiger partial charge is 0.376 e. The van der Waals surface area contributed by atoms with Gasteiger partial charge in [0, 0.05) is 57.9 Å². The fraction of sp³-hybridized carbons (Fsp3) is 0.500. The van der Waals surface area contributed by atoms with Gasteiger partial charge in [0.05, 0.1) is 12.6 Å². The number of H-pyrrole nitrogens is 1. The van der Waals surface area contributed by atoms with Gasteiger partial charge in [-0.1, -0.05) is 0 Å². The molecule has 0 aliphatic carbocycles. The van der Waals surface area contributed by atoms with Crippen LogP contribution in [0.4, 0.5) is 0 Å². The summed E-state index contributed by atoms with van der Waals surface area (Å²) in [6, 6.07) is 3.96. The smallest absolute Gasteiger partial charge is 0.328 e. The number of pyridine rings is 1. The van der Waals surface area contributed by atoms with E-state index >= 15 is 0 Å². The lowest BCUT2D eigenvalue weighted by Crippen LogP contribution is -2.50. The summed E-state index contributed by atoms with van der Waals surface area (Å²) >= 11 is 0. The third kappa shape index (κ3) is 4.46. The molecular formula is C20H25N5O4. The van der Waals surface area contributed by atoms with Crippen molar-refractivity contribution in [2.75, 3.05) is 32.8 Å². The predicted molar refractivity (Wildman–Crippen MR) is 106 cm³/mol. The summed E-state index contributed by atoms with van der Waals surface area (Å²) in [6.45, 7) is 4.14. The van der Waals surface area contributed by atoms with E-state index in [2.05, 4.69) is 14.9 Å². The van der Waals surface area contributed by atoms with Gasteiger partial charge in [-0.3, -0.25) is 24.0 Å². The first-order valence-electron chi connectivity index (χ1n) is 9.96. The van der Waals surface area contributed by atoms with Crippen LogP contribution in [0.1, 0.15) is 28.8 Å². The van der Waals surface area contributed by atoms with Gasteiger partial charge >= 0.3 is 5.69 Å². The van der Waals surface area contributed by atoms with Crippen LogP contribution >= 0.6 is 0 Å². The summed E-state index contributed by atoms with van der Waals surface area (Å²) in [7, 11) is 0. The Balaban J connectivity index is 1.42. The molecule has 1 N–H and O–H groups in total. The van der Waals surface area contributed by atoms with Crippen LogP contribution in [0.25, 0.3) is 0 Å². The number of carbonyl (C=O) groups excluding carboxylic acids is 1. The maximum absolute atomic E-state index is 12.9. The van der Waals surface area contributed by atoms with E-state index in [4.69, 9.17) is 4.74 Å². The van der Waals surface area contributed by atoms with Gasteiger partial charge in [-0.25, -0.2) is 4.79 Å². The maximum atomic E-state index is 12.9. The minimum Gasteiger partial charge on any atom is -0.376 e. The zero-order chi connectivity index (χ0) is 20.2. The highest BCUT2D eigenvalue weighted by molar-refractivity contribution is 5.93. The Hall–Kier alpha value is -2.78. The van der Waals surface area contributed by atoms with E-state index in [0.29, 0.717) is 19.7 Å². The molecule has 1 amide bonds. The molecule has 9 nitrogen and oxygen atoms in total. The van der Waals surface area contributed by atoms with Crippen LogP contribution in [-0.2, 0) is 17.8 Å². The molecule has 2 fully saturated rings. The van der Waals surface area contributed by atoms with E-state index in [1.807, 2.05) is 12.1 Å². The Morgan fingerprint density at radius 3 is 2.62 bits per heavy atom. The molecule has 2 aliphatic heterocycles. The van der Waals surface area contributed by atoms with E-state index in [-0.39, 0.29) is 24.1 Å². The van der Waals surface area contributed by atoms with Crippen molar-refractivity contribution in [3.63, 3.8) is 0 Å². The molecule has 1 atom stereocenters. The number of ether oxygens (including phenoxy) is 1. The van der Waals surface area contributed by atoms with Crippen molar-refractivity contribution in [3.05, 3.63) is 62.7 Å². The minimum absolute atomic E-state index is 0.00480. The molecule has 0 bridgehead atoms. The Labute approximate surface area is 167 Å². The standard InChI is InChI=1S/C20H25N5O4/c26-18(24-9-7-23(8-10-24)13-15-3-5-21-6-4-15)17-12-22-20(28)25(19(17)27)14-16-2-1-11-29-16/h3-6,12,16H,1-2,7-11,13-14H2,(H,22,28). The lowest BCUT2D eigenvalue weighted by Gasteiger charge is -2.34. The van der Waals surface area contributed by atoms with E-state index in [9.17, 15) is 14.4 Å². The topological polar surface area (TPSA) is 101 Å². The monoisotopic (exact) mass is 399 g/mol. The fourth-order valence-electron chi connectivity index (χ4n) is 3.85. The number of hydrogen-bond donors (Lipinski definition) is 1. The van der Waals surface area contributed by atoms with Crippen LogP contribution < -0.4 is 11.2 Å². The molecular weight excluding hydrogens is 374 g/mol. The number of aromatic amines is 1. The zero-order valence-electron chi connectivity index (χ0n) is 16.2. The summed E-state index contributed by atoms with van der Waals surface area (Å²) < 4.78 is 6.61. The van der Waals surface area contributed by atoms with Crippen LogP contribution in [0.3, 0.4) is 0 Å². The zero-order valence-corrected chi connectivity index (χ0v) is 16.2. The van der Waals surface area contributed by atoms with E-state index in [1.54, 1.807) is 17.3 Å². The van der Waals surface area contributed by atoms with E-state index < -0.39 is 11.2 Å². The summed E-state index contributed by atoms with van der Waals surface area (Å²) in [5.41, 5.74) is 0.125. The van der Waals surface area contributed by atoms with Gasteiger partial charge in [0.15, 0.2) is 0 Å². The van der Waals surface area contributed by atoms with Crippen molar-refractivity contribution in [2.45, 2.75) is 32.0 Å². The lowest BCUT2D eigenvalue weighted by atomic mass is 10.2. The molecule has 4 rings (SSSR count). The van der Waals surface area contributed by atoms with Crippen LogP contribution in [0, 0.1) is 0 Å². The third-order valence-electron chi connectivity index (χ3n) is 5.52. The van der Waals surface area contributed by atoms with Crippen molar-refractivity contribution in [1.29, 1.82) is 0 Å². The quantitative estimate of drug-likeness (QED) is 0.764. The van der Waals surface area contributed by atoms with Crippen LogP contribution in [-0.4, -0.2) is 69.1 Å². The minimum atomic E-state index is -0.548. The number of nitrogens with one attached hydrogen (secondary N) is 1. The third-order valence-corrected chi connectivity index (χ3v) is 5.52. The molecule has 0 radical (unpaired) electrons. The highest BCUT2D eigenvalue weighted by atomic mass is 16.5. The molecule has 9 heteroatoms. The van der Waals surface area contributed by atoms with Crippen LogP contribution in [0.15, 0.2) is 40.3 Å². The SMILES string of the molecule is O=C(c1c[nH]c(=O)n(CC2CCCO2)c1=O)N1CCN(Cc2ccncc2)CC1. The number of aromatic nitrogens is 3. The highest BCUT2D eigenvalue weighted by Gasteiger charge is 2.26. The van der Waals surface area contributed by atoms with Gasteiger partial charge in [-0.2, -0.15) is 0 Å². The Bertz CT molecular complexity index is 957. The normalized spacial score (nSPS) is 20.1. The molecule has 1 unspecified atom stereocenters. The molecule has 2 aliphatic rings. The first kappa shape index (κ1) is 19.5. The van der Waals surface area contributed by atoms with Gasteiger partial charge in [-0.05, 0) is 30.5 Å². The van der Waals surface area contributed by atoms with Gasteiger partial charge in [0.2, 0.25) is 0 Å². The van der Waals surface area contributed by atoms with Crippen molar-refractivity contribution < 1.29 is 9.53 Å². The molecule has 154 valence electrons. The van der Waals surface area contributed by atoms with Gasteiger partial charge in [0.1, 0.15) is 5.56 Å². The van der Waals surface area contributed by atoms with Crippen LogP contribution in [0.2, 0.25) is 0 Å². The number of piperazine rings is 1. The van der Waals surface area contributed by atoms with Crippen LogP contribution in [0.5, 0.6) is 0 Å². The fourth-order valence-corrected chi connectivity index (χ4v) is 3.85. The molecule has 0 spiro atoms. The van der Waals surface area contributed by atoms with Gasteiger partial charge in [-0.15, -0.1) is 0 Å². The summed E-state index contributed by atoms with van der Waals surface area (Å²) in [5.74, 6) is -0.337. The second-order valence-electron chi connectivity index (χ2n) is 7.48. The Kier molecular flexibility index (Phi) is 5.86. The average molecular weight is 399 g/mol. The Morgan fingerprint density at radius 2 is 1.93 bits per heavy atom. The first-order valence-corrected chi connectivity index (χ1v) is 9.96. The molecule has 0 saturated carbocycles. The molecule has 2 saturated heterocycles. The number of rotatable bonds is 5. The number of amides is 1. The highest BCUT2D eigenvalue weighted by Crippen LogP contribution is 2.13. The first-order chi connectivity index (χ1) is 14.1. The second kappa shape index (κ2) is 8.71. The maximum Gasteiger partial charge on any atom is 0.328 e. The van der Waals surface area contributed by atoms with Gasteiger partial charge < -0.3 is 14.6 Å². The lowest BCUT2D eigenvalue weighted by molar-refractivity contribution is 0.0623. The van der Waals surface area contributed by atoms with Gasteiger partial charge in [0.25, 0.3) is 11.5 Å². The second-order valence-corrected chi connectivity index (χ2v) is 7.48. The van der Waals surface area contributed by atoms with Crippen molar-refractivity contribution in [2.24, 2.45) is 0 Å². The number of hydrogen-bond acceptors (Lipinski definition) is 6.